The molecule has 1 N–H and O–H groups in total. The second-order valence-electron chi connectivity index (χ2n) is 4.36. The molecule has 2 aromatic heterocycles. The van der Waals surface area contributed by atoms with Crippen LogP contribution in [0.3, 0.4) is 0 Å². The molecule has 5 heteroatoms. The lowest BCUT2D eigenvalue weighted by molar-refractivity contribution is 0.892. The van der Waals surface area contributed by atoms with Crippen molar-refractivity contribution >= 4 is 33.1 Å². The number of hydrogen-bond donors (Lipinski definition) is 1. The molecule has 19 heavy (non-hydrogen) atoms. The van der Waals surface area contributed by atoms with E-state index in [1.54, 1.807) is 17.7 Å². The molecular formula is C14H18BrN3S. The smallest absolute Gasteiger partial charge is 0.133 e. The standard InChI is InChI=1S/C14H18BrN3S/c1-3-5-10-13(11-7-19-8-12(11)15)17-9-18-14(10)16-6-4-2/h7-9H,3-6H2,1-2H3,(H,16,17,18). The van der Waals surface area contributed by atoms with E-state index in [1.165, 1.54) is 5.56 Å². The van der Waals surface area contributed by atoms with Crippen molar-refractivity contribution in [3.05, 3.63) is 27.1 Å². The Bertz CT molecular complexity index is 539. The minimum Gasteiger partial charge on any atom is -0.370 e. The number of nitrogens with one attached hydrogen (secondary N) is 1. The number of hydrogen-bond acceptors (Lipinski definition) is 4. The van der Waals surface area contributed by atoms with Gasteiger partial charge in [-0.05, 0) is 28.8 Å². The number of rotatable bonds is 6. The summed E-state index contributed by atoms with van der Waals surface area (Å²) in [5.41, 5.74) is 3.43. The van der Waals surface area contributed by atoms with Crippen LogP contribution in [-0.2, 0) is 6.42 Å². The molecule has 2 rings (SSSR count). The Balaban J connectivity index is 2.45. The fraction of sp³-hybridized carbons (Fsp3) is 0.429. The normalized spacial score (nSPS) is 10.7. The molecule has 0 saturated heterocycles. The largest absolute Gasteiger partial charge is 0.370 e. The zero-order valence-electron chi connectivity index (χ0n) is 11.2. The van der Waals surface area contributed by atoms with Gasteiger partial charge in [-0.25, -0.2) is 9.97 Å². The number of halogens is 1. The van der Waals surface area contributed by atoms with E-state index in [4.69, 9.17) is 0 Å². The lowest BCUT2D eigenvalue weighted by atomic mass is 10.1. The Labute approximate surface area is 126 Å². The van der Waals surface area contributed by atoms with Crippen LogP contribution in [0.5, 0.6) is 0 Å². The van der Waals surface area contributed by atoms with Crippen molar-refractivity contribution in [3.63, 3.8) is 0 Å². The van der Waals surface area contributed by atoms with Gasteiger partial charge in [0.05, 0.1) is 5.69 Å². The van der Waals surface area contributed by atoms with Gasteiger partial charge in [0, 0.05) is 32.9 Å². The number of anilines is 1. The summed E-state index contributed by atoms with van der Waals surface area (Å²) in [6.45, 7) is 5.28. The van der Waals surface area contributed by atoms with Crippen LogP contribution in [0.1, 0.15) is 32.3 Å². The van der Waals surface area contributed by atoms with E-state index in [0.717, 1.165) is 47.4 Å². The van der Waals surface area contributed by atoms with Gasteiger partial charge >= 0.3 is 0 Å². The zero-order valence-corrected chi connectivity index (χ0v) is 13.6. The van der Waals surface area contributed by atoms with E-state index in [2.05, 4.69) is 55.8 Å². The molecule has 102 valence electrons. The minimum absolute atomic E-state index is 0.942. The van der Waals surface area contributed by atoms with Crippen molar-refractivity contribution < 1.29 is 0 Å². The Hall–Kier alpha value is -0.940. The average Bonchev–Trinajstić information content (AvgIpc) is 2.84. The molecule has 0 unspecified atom stereocenters. The Kier molecular flexibility index (Phi) is 5.34. The highest BCUT2D eigenvalue weighted by molar-refractivity contribution is 9.10. The summed E-state index contributed by atoms with van der Waals surface area (Å²) < 4.78 is 1.11. The maximum atomic E-state index is 4.49. The highest BCUT2D eigenvalue weighted by Gasteiger charge is 2.14. The van der Waals surface area contributed by atoms with Crippen molar-refractivity contribution in [2.75, 3.05) is 11.9 Å². The van der Waals surface area contributed by atoms with Gasteiger partial charge in [-0.3, -0.25) is 0 Å². The van der Waals surface area contributed by atoms with Gasteiger partial charge in [0.25, 0.3) is 0 Å². The van der Waals surface area contributed by atoms with Gasteiger partial charge in [-0.2, -0.15) is 11.3 Å². The van der Waals surface area contributed by atoms with E-state index in [1.807, 2.05) is 0 Å². The summed E-state index contributed by atoms with van der Waals surface area (Å²) in [7, 11) is 0. The summed E-state index contributed by atoms with van der Waals surface area (Å²) >= 11 is 5.28. The van der Waals surface area contributed by atoms with Crippen molar-refractivity contribution in [1.82, 2.24) is 9.97 Å². The molecule has 0 radical (unpaired) electrons. The highest BCUT2D eigenvalue weighted by atomic mass is 79.9. The fourth-order valence-corrected chi connectivity index (χ4v) is 3.44. The van der Waals surface area contributed by atoms with Crippen LogP contribution in [0, 0.1) is 0 Å². The van der Waals surface area contributed by atoms with Crippen molar-refractivity contribution in [3.8, 4) is 11.3 Å². The predicted molar refractivity (Wildman–Crippen MR) is 85.8 cm³/mol. The number of aromatic nitrogens is 2. The summed E-state index contributed by atoms with van der Waals surface area (Å²) in [4.78, 5) is 8.90. The second kappa shape index (κ2) is 7.01. The minimum atomic E-state index is 0.942. The molecule has 0 spiro atoms. The van der Waals surface area contributed by atoms with Gasteiger partial charge < -0.3 is 5.32 Å². The first-order valence-corrected chi connectivity index (χ1v) is 8.31. The fourth-order valence-electron chi connectivity index (χ4n) is 1.98. The summed E-state index contributed by atoms with van der Waals surface area (Å²) in [6, 6.07) is 0. The van der Waals surface area contributed by atoms with Crippen LogP contribution in [0.2, 0.25) is 0 Å². The molecule has 0 aromatic carbocycles. The van der Waals surface area contributed by atoms with Crippen molar-refractivity contribution in [1.29, 1.82) is 0 Å². The molecule has 0 aliphatic rings. The molecule has 2 aromatic rings. The van der Waals surface area contributed by atoms with Gasteiger partial charge in [0.1, 0.15) is 12.1 Å². The van der Waals surface area contributed by atoms with Gasteiger partial charge in [-0.15, -0.1) is 0 Å². The third-order valence-corrected chi connectivity index (χ3v) is 4.56. The molecule has 0 fully saturated rings. The van der Waals surface area contributed by atoms with Crippen LogP contribution >= 0.6 is 27.3 Å². The van der Waals surface area contributed by atoms with Crippen molar-refractivity contribution in [2.45, 2.75) is 33.1 Å². The number of nitrogens with zero attached hydrogens (tertiary/aromatic N) is 2. The number of thiophene rings is 1. The first-order valence-electron chi connectivity index (χ1n) is 6.57. The van der Waals surface area contributed by atoms with Crippen LogP contribution in [0.15, 0.2) is 21.6 Å². The first-order chi connectivity index (χ1) is 9.27. The third kappa shape index (κ3) is 3.34. The van der Waals surface area contributed by atoms with Gasteiger partial charge in [-0.1, -0.05) is 20.3 Å². The van der Waals surface area contributed by atoms with E-state index in [9.17, 15) is 0 Å². The Morgan fingerprint density at radius 3 is 2.68 bits per heavy atom. The second-order valence-corrected chi connectivity index (χ2v) is 5.96. The predicted octanol–water partition coefficient (Wildman–Crippen LogP) is 4.74. The molecule has 0 bridgehead atoms. The SMILES string of the molecule is CCCNc1ncnc(-c2cscc2Br)c1CCC. The van der Waals surface area contributed by atoms with E-state index in [-0.39, 0.29) is 0 Å². The lowest BCUT2D eigenvalue weighted by Gasteiger charge is -2.13. The molecule has 0 atom stereocenters. The maximum Gasteiger partial charge on any atom is 0.133 e. The quantitative estimate of drug-likeness (QED) is 0.825. The summed E-state index contributed by atoms with van der Waals surface area (Å²) in [6.07, 6.45) is 4.82. The van der Waals surface area contributed by atoms with E-state index < -0.39 is 0 Å². The third-order valence-electron chi connectivity index (χ3n) is 2.86. The molecule has 0 amide bonds. The van der Waals surface area contributed by atoms with Gasteiger partial charge in [0.2, 0.25) is 0 Å². The topological polar surface area (TPSA) is 37.8 Å². The first kappa shape index (κ1) is 14.5. The van der Waals surface area contributed by atoms with Crippen LogP contribution < -0.4 is 5.32 Å². The van der Waals surface area contributed by atoms with Gasteiger partial charge in [0.15, 0.2) is 0 Å². The summed E-state index contributed by atoms with van der Waals surface area (Å²) in [5.74, 6) is 0.979. The van der Waals surface area contributed by atoms with Crippen LogP contribution in [-0.4, -0.2) is 16.5 Å². The molecular weight excluding hydrogens is 322 g/mol. The van der Waals surface area contributed by atoms with Crippen LogP contribution in [0.4, 0.5) is 5.82 Å². The Morgan fingerprint density at radius 2 is 2.05 bits per heavy atom. The molecule has 0 aliphatic carbocycles. The van der Waals surface area contributed by atoms with E-state index in [0.29, 0.717) is 0 Å². The average molecular weight is 340 g/mol. The molecule has 3 nitrogen and oxygen atoms in total. The van der Waals surface area contributed by atoms with E-state index >= 15 is 0 Å². The molecule has 2 heterocycles. The Morgan fingerprint density at radius 1 is 1.21 bits per heavy atom. The van der Waals surface area contributed by atoms with Crippen LogP contribution in [0.25, 0.3) is 11.3 Å². The zero-order chi connectivity index (χ0) is 13.7. The molecule has 0 saturated carbocycles. The summed E-state index contributed by atoms with van der Waals surface area (Å²) in [5, 5.41) is 7.63. The molecule has 0 aliphatic heterocycles. The maximum absolute atomic E-state index is 4.49. The highest BCUT2D eigenvalue weighted by Crippen LogP contribution is 2.34. The van der Waals surface area contributed by atoms with Crippen molar-refractivity contribution in [2.24, 2.45) is 0 Å². The lowest BCUT2D eigenvalue weighted by Crippen LogP contribution is -2.07. The monoisotopic (exact) mass is 339 g/mol.